The number of aliphatic hydroxyl groups is 1. The molecule has 1 fully saturated rings. The Morgan fingerprint density at radius 1 is 1.24 bits per heavy atom. The van der Waals surface area contributed by atoms with Gasteiger partial charge in [-0.3, -0.25) is 0 Å². The normalized spacial score (nSPS) is 30.5. The molecule has 0 aromatic rings. The van der Waals surface area contributed by atoms with Gasteiger partial charge in [-0.2, -0.15) is 0 Å². The Morgan fingerprint density at radius 2 is 1.82 bits per heavy atom. The zero-order valence-electron chi connectivity index (χ0n) is 12.1. The van der Waals surface area contributed by atoms with E-state index in [4.69, 9.17) is 4.74 Å². The Labute approximate surface area is 107 Å². The van der Waals surface area contributed by atoms with Gasteiger partial charge in [0.15, 0.2) is 0 Å². The molecule has 0 radical (unpaired) electrons. The van der Waals surface area contributed by atoms with Crippen LogP contribution in [0.15, 0.2) is 0 Å². The second kappa shape index (κ2) is 6.19. The molecule has 102 valence electrons. The van der Waals surface area contributed by atoms with Gasteiger partial charge in [0.1, 0.15) is 0 Å². The third-order valence-corrected chi connectivity index (χ3v) is 4.59. The summed E-state index contributed by atoms with van der Waals surface area (Å²) >= 11 is 0. The number of ether oxygens (including phenoxy) is 1. The van der Waals surface area contributed by atoms with Crippen molar-refractivity contribution in [1.29, 1.82) is 0 Å². The lowest BCUT2D eigenvalue weighted by Crippen LogP contribution is -2.35. The Morgan fingerprint density at radius 3 is 2.24 bits per heavy atom. The predicted molar refractivity (Wildman–Crippen MR) is 72.0 cm³/mol. The lowest BCUT2D eigenvalue weighted by Gasteiger charge is -2.43. The van der Waals surface area contributed by atoms with Crippen molar-refractivity contribution in [2.24, 2.45) is 16.7 Å². The van der Waals surface area contributed by atoms with Crippen LogP contribution in [-0.4, -0.2) is 24.9 Å². The average molecular weight is 242 g/mol. The summed E-state index contributed by atoms with van der Waals surface area (Å²) in [6, 6.07) is 0. The van der Waals surface area contributed by atoms with E-state index < -0.39 is 0 Å². The van der Waals surface area contributed by atoms with E-state index in [0.717, 1.165) is 25.6 Å². The van der Waals surface area contributed by atoms with Gasteiger partial charge in [-0.25, -0.2) is 0 Å². The smallest absolute Gasteiger partial charge is 0.0488 e. The van der Waals surface area contributed by atoms with E-state index >= 15 is 0 Å². The summed E-state index contributed by atoms with van der Waals surface area (Å²) in [7, 11) is 0. The first kappa shape index (κ1) is 15.0. The fourth-order valence-corrected chi connectivity index (χ4v) is 3.02. The van der Waals surface area contributed by atoms with Crippen molar-refractivity contribution in [3.8, 4) is 0 Å². The van der Waals surface area contributed by atoms with Crippen molar-refractivity contribution in [3.05, 3.63) is 0 Å². The third-order valence-electron chi connectivity index (χ3n) is 4.59. The van der Waals surface area contributed by atoms with Crippen LogP contribution in [0, 0.1) is 16.7 Å². The molecule has 2 heteroatoms. The molecule has 0 atom stereocenters. The van der Waals surface area contributed by atoms with E-state index in [0.29, 0.717) is 12.0 Å². The molecule has 1 aliphatic rings. The van der Waals surface area contributed by atoms with Crippen molar-refractivity contribution in [1.82, 2.24) is 0 Å². The summed E-state index contributed by atoms with van der Waals surface area (Å²) in [5.41, 5.74) is 0.568. The molecule has 0 bridgehead atoms. The highest BCUT2D eigenvalue weighted by molar-refractivity contribution is 4.88. The molecule has 0 spiro atoms. The van der Waals surface area contributed by atoms with Crippen molar-refractivity contribution in [2.75, 3.05) is 19.8 Å². The largest absolute Gasteiger partial charge is 0.396 e. The average Bonchev–Trinajstić information content (AvgIpc) is 2.29. The maximum absolute atomic E-state index is 9.67. The Kier molecular flexibility index (Phi) is 5.46. The maximum atomic E-state index is 9.67. The fraction of sp³-hybridized carbons (Fsp3) is 1.00. The van der Waals surface area contributed by atoms with E-state index in [1.807, 2.05) is 6.92 Å². The molecule has 0 aliphatic heterocycles. The minimum Gasteiger partial charge on any atom is -0.396 e. The van der Waals surface area contributed by atoms with Crippen LogP contribution in [0.3, 0.4) is 0 Å². The van der Waals surface area contributed by atoms with E-state index in [1.165, 1.54) is 25.7 Å². The summed E-state index contributed by atoms with van der Waals surface area (Å²) in [6.07, 6.45) is 5.87. The minimum absolute atomic E-state index is 0.150. The van der Waals surface area contributed by atoms with Gasteiger partial charge in [0.05, 0.1) is 0 Å². The van der Waals surface area contributed by atoms with Crippen LogP contribution in [0.2, 0.25) is 0 Å². The third kappa shape index (κ3) is 4.26. The zero-order chi connectivity index (χ0) is 12.9. The first-order valence-electron chi connectivity index (χ1n) is 7.12. The molecule has 1 N–H and O–H groups in total. The van der Waals surface area contributed by atoms with Crippen LogP contribution >= 0.6 is 0 Å². The lowest BCUT2D eigenvalue weighted by atomic mass is 9.63. The number of rotatable bonds is 5. The van der Waals surface area contributed by atoms with E-state index in [1.54, 1.807) is 0 Å². The van der Waals surface area contributed by atoms with E-state index in [9.17, 15) is 5.11 Å². The van der Waals surface area contributed by atoms with Crippen LogP contribution < -0.4 is 0 Å². The Bertz CT molecular complexity index is 209. The van der Waals surface area contributed by atoms with Gasteiger partial charge in [-0.1, -0.05) is 20.8 Å². The molecular formula is C15H30O2. The Hall–Kier alpha value is -0.0800. The van der Waals surface area contributed by atoms with E-state index in [2.05, 4.69) is 20.8 Å². The van der Waals surface area contributed by atoms with Crippen molar-refractivity contribution in [2.45, 2.75) is 59.8 Å². The molecule has 0 amide bonds. The predicted octanol–water partition coefficient (Wildman–Crippen LogP) is 3.63. The minimum atomic E-state index is 0.150. The summed E-state index contributed by atoms with van der Waals surface area (Å²) in [4.78, 5) is 0. The van der Waals surface area contributed by atoms with Gasteiger partial charge in [0, 0.05) is 19.8 Å². The quantitative estimate of drug-likeness (QED) is 0.746. The van der Waals surface area contributed by atoms with Crippen molar-refractivity contribution < 1.29 is 9.84 Å². The molecule has 1 rings (SSSR count). The zero-order valence-corrected chi connectivity index (χ0v) is 12.1. The monoisotopic (exact) mass is 242 g/mol. The molecule has 1 saturated carbocycles. The summed E-state index contributed by atoms with van der Waals surface area (Å²) in [5.74, 6) is 0.814. The van der Waals surface area contributed by atoms with Crippen molar-refractivity contribution >= 4 is 0 Å². The second-order valence-electron chi connectivity index (χ2n) is 6.75. The van der Waals surface area contributed by atoms with Gasteiger partial charge in [0.25, 0.3) is 0 Å². The standard InChI is InChI=1S/C15H30O2/c1-5-17-11-10-15(12-16)8-6-13(7-9-15)14(2,3)4/h13,16H,5-12H2,1-4H3. The van der Waals surface area contributed by atoms with Crippen LogP contribution in [0.4, 0.5) is 0 Å². The highest BCUT2D eigenvalue weighted by Gasteiger charge is 2.37. The lowest BCUT2D eigenvalue weighted by molar-refractivity contribution is 0.00670. The second-order valence-corrected chi connectivity index (χ2v) is 6.75. The molecular weight excluding hydrogens is 212 g/mol. The summed E-state index contributed by atoms with van der Waals surface area (Å²) < 4.78 is 5.45. The molecule has 0 aromatic heterocycles. The fourth-order valence-electron chi connectivity index (χ4n) is 3.02. The van der Waals surface area contributed by atoms with Gasteiger partial charge < -0.3 is 9.84 Å². The first-order chi connectivity index (χ1) is 7.93. The van der Waals surface area contributed by atoms with Gasteiger partial charge in [-0.05, 0) is 55.8 Å². The SMILES string of the molecule is CCOCCC1(CO)CCC(C(C)(C)C)CC1. The molecule has 0 aromatic carbocycles. The first-order valence-corrected chi connectivity index (χ1v) is 7.12. The molecule has 0 heterocycles. The van der Waals surface area contributed by atoms with Crippen LogP contribution in [-0.2, 0) is 4.74 Å². The highest BCUT2D eigenvalue weighted by atomic mass is 16.5. The highest BCUT2D eigenvalue weighted by Crippen LogP contribution is 2.46. The Balaban J connectivity index is 2.45. The van der Waals surface area contributed by atoms with Gasteiger partial charge in [0.2, 0.25) is 0 Å². The maximum Gasteiger partial charge on any atom is 0.0488 e. The number of hydrogen-bond acceptors (Lipinski definition) is 2. The summed E-state index contributed by atoms with van der Waals surface area (Å²) in [5, 5.41) is 9.67. The number of hydrogen-bond donors (Lipinski definition) is 1. The van der Waals surface area contributed by atoms with Crippen LogP contribution in [0.25, 0.3) is 0 Å². The van der Waals surface area contributed by atoms with Gasteiger partial charge in [-0.15, -0.1) is 0 Å². The summed E-state index contributed by atoms with van der Waals surface area (Å²) in [6.45, 7) is 11.0. The topological polar surface area (TPSA) is 29.5 Å². The van der Waals surface area contributed by atoms with Crippen molar-refractivity contribution in [3.63, 3.8) is 0 Å². The number of aliphatic hydroxyl groups excluding tert-OH is 1. The molecule has 0 unspecified atom stereocenters. The molecule has 1 aliphatic carbocycles. The van der Waals surface area contributed by atoms with E-state index in [-0.39, 0.29) is 5.41 Å². The van der Waals surface area contributed by atoms with Gasteiger partial charge >= 0.3 is 0 Å². The molecule has 2 nitrogen and oxygen atoms in total. The van der Waals surface area contributed by atoms with Crippen LogP contribution in [0.5, 0.6) is 0 Å². The van der Waals surface area contributed by atoms with Crippen LogP contribution in [0.1, 0.15) is 59.8 Å². The molecule has 0 saturated heterocycles. The molecule has 17 heavy (non-hydrogen) atoms.